The molecule has 9 heteroatoms. The molecule has 0 atom stereocenters. The molecule has 3 heterocycles. The molecule has 200 valence electrons. The molecule has 4 N–H and O–H groups in total. The fourth-order valence-electron chi connectivity index (χ4n) is 4.62. The van der Waals surface area contributed by atoms with Crippen LogP contribution in [0.1, 0.15) is 39.7 Å². The topological polar surface area (TPSA) is 115 Å². The Morgan fingerprint density at radius 2 is 1.79 bits per heavy atom. The molecular weight excluding hydrogens is 488 g/mol. The van der Waals surface area contributed by atoms with E-state index in [9.17, 15) is 4.79 Å². The number of fused-ring (bicyclic) bond motifs is 1. The highest BCUT2D eigenvalue weighted by Gasteiger charge is 2.16. The number of pyridine rings is 1. The van der Waals surface area contributed by atoms with Crippen LogP contribution in [0.15, 0.2) is 61.1 Å². The summed E-state index contributed by atoms with van der Waals surface area (Å²) < 4.78 is 0. The van der Waals surface area contributed by atoms with Gasteiger partial charge in [0.2, 0.25) is 0 Å². The van der Waals surface area contributed by atoms with Crippen LogP contribution in [-0.4, -0.2) is 56.6 Å². The highest BCUT2D eigenvalue weighted by molar-refractivity contribution is 5.96. The van der Waals surface area contributed by atoms with Crippen molar-refractivity contribution >= 4 is 16.8 Å². The number of aromatic amines is 2. The number of H-pyrrole nitrogens is 2. The van der Waals surface area contributed by atoms with Crippen LogP contribution >= 0.6 is 0 Å². The number of rotatable bonds is 10. The summed E-state index contributed by atoms with van der Waals surface area (Å²) in [5.74, 6) is 0.318. The lowest BCUT2D eigenvalue weighted by molar-refractivity contribution is 0.0946. The second-order valence-corrected chi connectivity index (χ2v) is 9.97. The number of carbonyl (C=O) groups is 1. The zero-order valence-corrected chi connectivity index (χ0v) is 22.8. The first kappa shape index (κ1) is 26.3. The second-order valence-electron chi connectivity index (χ2n) is 9.97. The van der Waals surface area contributed by atoms with Crippen LogP contribution in [0, 0.1) is 6.92 Å². The Kier molecular flexibility index (Phi) is 7.81. The zero-order chi connectivity index (χ0) is 27.4. The van der Waals surface area contributed by atoms with E-state index in [1.165, 1.54) is 16.7 Å². The first-order chi connectivity index (χ1) is 18.9. The van der Waals surface area contributed by atoms with Gasteiger partial charge in [-0.25, -0.2) is 4.98 Å². The van der Waals surface area contributed by atoms with Gasteiger partial charge >= 0.3 is 0 Å². The number of hydrogen-bond donors (Lipinski definition) is 4. The Bertz CT molecular complexity index is 1580. The number of nitrogens with one attached hydrogen (secondary N) is 4. The second kappa shape index (κ2) is 11.6. The van der Waals surface area contributed by atoms with E-state index in [4.69, 9.17) is 0 Å². The van der Waals surface area contributed by atoms with Crippen LogP contribution < -0.4 is 10.6 Å². The van der Waals surface area contributed by atoms with Crippen molar-refractivity contribution in [3.8, 4) is 22.6 Å². The summed E-state index contributed by atoms with van der Waals surface area (Å²) >= 11 is 0. The van der Waals surface area contributed by atoms with Gasteiger partial charge in [-0.05, 0) is 67.5 Å². The molecule has 0 saturated carbocycles. The summed E-state index contributed by atoms with van der Waals surface area (Å²) in [6.45, 7) is 7.22. The van der Waals surface area contributed by atoms with Crippen molar-refractivity contribution in [3.05, 3.63) is 89.0 Å². The molecule has 1 amide bonds. The summed E-state index contributed by atoms with van der Waals surface area (Å²) in [4.78, 5) is 27.0. The van der Waals surface area contributed by atoms with E-state index in [0.29, 0.717) is 23.8 Å². The molecular formula is C30H34N8O. The van der Waals surface area contributed by atoms with Crippen LogP contribution in [0.5, 0.6) is 0 Å². The van der Waals surface area contributed by atoms with Crippen molar-refractivity contribution in [3.63, 3.8) is 0 Å². The van der Waals surface area contributed by atoms with E-state index in [2.05, 4.69) is 78.8 Å². The maximum atomic E-state index is 12.8. The number of amides is 1. The Morgan fingerprint density at radius 1 is 1.00 bits per heavy atom. The Balaban J connectivity index is 1.33. The fraction of sp³-hybridized carbons (Fsp3) is 0.267. The molecule has 0 aliphatic rings. The Hall–Kier alpha value is -4.34. The summed E-state index contributed by atoms with van der Waals surface area (Å²) in [5, 5.41) is 14.8. The van der Waals surface area contributed by atoms with Crippen molar-refractivity contribution in [1.29, 1.82) is 0 Å². The smallest absolute Gasteiger partial charge is 0.269 e. The minimum absolute atomic E-state index is 0.217. The van der Waals surface area contributed by atoms with Gasteiger partial charge in [-0.15, -0.1) is 0 Å². The van der Waals surface area contributed by atoms with E-state index < -0.39 is 0 Å². The van der Waals surface area contributed by atoms with Gasteiger partial charge in [0.25, 0.3) is 5.91 Å². The third kappa shape index (κ3) is 5.89. The van der Waals surface area contributed by atoms with Crippen LogP contribution in [0.3, 0.4) is 0 Å². The van der Waals surface area contributed by atoms with Gasteiger partial charge in [-0.1, -0.05) is 37.3 Å². The molecule has 9 nitrogen and oxygen atoms in total. The maximum Gasteiger partial charge on any atom is 0.269 e. The van der Waals surface area contributed by atoms with Gasteiger partial charge in [0, 0.05) is 43.0 Å². The van der Waals surface area contributed by atoms with Gasteiger partial charge in [0.1, 0.15) is 11.4 Å². The average Bonchev–Trinajstić information content (AvgIpc) is 3.59. The third-order valence-electron chi connectivity index (χ3n) is 6.78. The zero-order valence-electron chi connectivity index (χ0n) is 22.8. The van der Waals surface area contributed by atoms with E-state index in [1.54, 1.807) is 6.20 Å². The van der Waals surface area contributed by atoms with Gasteiger partial charge in [-0.2, -0.15) is 5.10 Å². The number of carbonyl (C=O) groups excluding carboxylic acids is 1. The van der Waals surface area contributed by atoms with E-state index in [-0.39, 0.29) is 5.91 Å². The normalized spacial score (nSPS) is 11.4. The molecule has 0 spiro atoms. The summed E-state index contributed by atoms with van der Waals surface area (Å²) in [5.41, 5.74) is 8.71. The van der Waals surface area contributed by atoms with Crippen molar-refractivity contribution in [2.45, 2.75) is 33.5 Å². The standard InChI is InChI=1S/C30H34N8O/c1-5-31-14-23-15-32-16-25(19(23)2)22-10-11-26-24(12-22)28(37-36-26)29-33-17-27(35-29)30(39)34-13-20-6-8-21(9-7-20)18-38(3)4/h6-12,15-17,31H,5,13-14,18H2,1-4H3,(H,33,35)(H,34,39)(H,36,37). The molecule has 0 saturated heterocycles. The summed E-state index contributed by atoms with van der Waals surface area (Å²) in [6, 6.07) is 14.4. The van der Waals surface area contributed by atoms with Crippen molar-refractivity contribution in [2.75, 3.05) is 20.6 Å². The maximum absolute atomic E-state index is 12.8. The SMILES string of the molecule is CCNCc1cncc(-c2ccc3[nH]nc(-c4ncc(C(=O)NCc5ccc(CN(C)C)cc5)[nH]4)c3c2)c1C. The van der Waals surface area contributed by atoms with Gasteiger partial charge < -0.3 is 20.5 Å². The third-order valence-corrected chi connectivity index (χ3v) is 6.78. The van der Waals surface area contributed by atoms with Gasteiger partial charge in [0.05, 0.1) is 11.7 Å². The van der Waals surface area contributed by atoms with Crippen molar-refractivity contribution < 1.29 is 4.79 Å². The minimum atomic E-state index is -0.217. The number of nitrogens with zero attached hydrogens (tertiary/aromatic N) is 4. The number of aromatic nitrogens is 5. The molecule has 0 unspecified atom stereocenters. The van der Waals surface area contributed by atoms with E-state index >= 15 is 0 Å². The number of hydrogen-bond acceptors (Lipinski definition) is 6. The van der Waals surface area contributed by atoms with Crippen LogP contribution in [0.2, 0.25) is 0 Å². The lowest BCUT2D eigenvalue weighted by Gasteiger charge is -2.11. The highest BCUT2D eigenvalue weighted by atomic mass is 16.1. The molecule has 5 rings (SSSR count). The fourth-order valence-corrected chi connectivity index (χ4v) is 4.62. The highest BCUT2D eigenvalue weighted by Crippen LogP contribution is 2.31. The molecule has 5 aromatic rings. The number of imidazole rings is 1. The van der Waals surface area contributed by atoms with Crippen LogP contribution in [0.4, 0.5) is 0 Å². The molecule has 0 radical (unpaired) electrons. The first-order valence-electron chi connectivity index (χ1n) is 13.1. The van der Waals surface area contributed by atoms with E-state index in [0.717, 1.165) is 47.2 Å². The molecule has 0 fully saturated rings. The lowest BCUT2D eigenvalue weighted by Crippen LogP contribution is -2.23. The largest absolute Gasteiger partial charge is 0.347 e. The average molecular weight is 523 g/mol. The summed E-state index contributed by atoms with van der Waals surface area (Å²) in [7, 11) is 4.09. The minimum Gasteiger partial charge on any atom is -0.347 e. The molecule has 0 aliphatic carbocycles. The predicted octanol–water partition coefficient (Wildman–Crippen LogP) is 4.42. The molecule has 0 bridgehead atoms. The van der Waals surface area contributed by atoms with Gasteiger partial charge in [-0.3, -0.25) is 14.9 Å². The molecule has 0 aliphatic heterocycles. The van der Waals surface area contributed by atoms with Crippen molar-refractivity contribution in [1.82, 2.24) is 40.7 Å². The Morgan fingerprint density at radius 3 is 2.56 bits per heavy atom. The monoisotopic (exact) mass is 522 g/mol. The van der Waals surface area contributed by atoms with Crippen LogP contribution in [0.25, 0.3) is 33.5 Å². The number of benzene rings is 2. The summed E-state index contributed by atoms with van der Waals surface area (Å²) in [6.07, 6.45) is 5.36. The van der Waals surface area contributed by atoms with E-state index in [1.807, 2.05) is 44.7 Å². The molecule has 3 aromatic heterocycles. The molecule has 39 heavy (non-hydrogen) atoms. The van der Waals surface area contributed by atoms with Crippen LogP contribution in [-0.2, 0) is 19.6 Å². The van der Waals surface area contributed by atoms with Gasteiger partial charge in [0.15, 0.2) is 5.82 Å². The predicted molar refractivity (Wildman–Crippen MR) is 154 cm³/mol. The van der Waals surface area contributed by atoms with Crippen molar-refractivity contribution in [2.24, 2.45) is 0 Å². The Labute approximate surface area is 228 Å². The lowest BCUT2D eigenvalue weighted by atomic mass is 9.98. The quantitative estimate of drug-likeness (QED) is 0.216. The first-order valence-corrected chi connectivity index (χ1v) is 13.1. The molecule has 2 aromatic carbocycles.